The first kappa shape index (κ1) is 8.18. The van der Waals surface area contributed by atoms with Crippen molar-refractivity contribution in [1.29, 1.82) is 0 Å². The molecule has 0 saturated carbocycles. The van der Waals surface area contributed by atoms with Crippen molar-refractivity contribution in [3.63, 3.8) is 0 Å². The zero-order chi connectivity index (χ0) is 8.10. The van der Waals surface area contributed by atoms with E-state index in [1.54, 1.807) is 0 Å². The zero-order valence-corrected chi connectivity index (χ0v) is 7.28. The highest BCUT2D eigenvalue weighted by Gasteiger charge is 2.03. The van der Waals surface area contributed by atoms with Crippen molar-refractivity contribution < 1.29 is 0 Å². The molecule has 0 saturated heterocycles. The molecule has 0 amide bonds. The summed E-state index contributed by atoms with van der Waals surface area (Å²) in [5.74, 6) is 0. The predicted molar refractivity (Wildman–Crippen MR) is 48.1 cm³/mol. The predicted octanol–water partition coefficient (Wildman–Crippen LogP) is 1.38. The van der Waals surface area contributed by atoms with Crippen molar-refractivity contribution in [2.24, 2.45) is 0 Å². The van der Waals surface area contributed by atoms with Crippen LogP contribution >= 0.6 is 0 Å². The minimum absolute atomic E-state index is 1.00. The number of hydrogen-bond donors (Lipinski definition) is 2. The summed E-state index contributed by atoms with van der Waals surface area (Å²) in [6.45, 7) is 6.24. The Bertz CT molecular complexity index is 180. The fourth-order valence-corrected chi connectivity index (χ4v) is 1.20. The smallest absolute Gasteiger partial charge is 0.0320 e. The average Bonchev–Trinajstić information content (AvgIpc) is 2.38. The average molecular weight is 152 g/mol. The lowest BCUT2D eigenvalue weighted by Gasteiger charge is -2.01. The van der Waals surface area contributed by atoms with Crippen LogP contribution in [-0.4, -0.2) is 13.1 Å². The first-order valence-electron chi connectivity index (χ1n) is 4.25. The molecule has 0 spiro atoms. The Balaban J connectivity index is 2.36. The fraction of sp³-hybridized carbons (Fsp3) is 0.556. The Kier molecular flexibility index (Phi) is 3.02. The lowest BCUT2D eigenvalue weighted by Crippen LogP contribution is -2.11. The molecule has 0 unspecified atom stereocenters. The molecule has 11 heavy (non-hydrogen) atoms. The summed E-state index contributed by atoms with van der Waals surface area (Å²) in [5, 5.41) is 6.58. The highest BCUT2D eigenvalue weighted by Crippen LogP contribution is 2.11. The van der Waals surface area contributed by atoms with E-state index in [0.29, 0.717) is 0 Å². The number of likely N-dealkylation sites (N-methyl/N-ethyl adjacent to an activating group) is 1. The van der Waals surface area contributed by atoms with Crippen LogP contribution in [0.5, 0.6) is 0 Å². The second kappa shape index (κ2) is 4.06. The fourth-order valence-electron chi connectivity index (χ4n) is 1.20. The van der Waals surface area contributed by atoms with E-state index in [1.165, 1.54) is 11.4 Å². The Hall–Kier alpha value is -0.920. The molecule has 2 nitrogen and oxygen atoms in total. The third-order valence-corrected chi connectivity index (χ3v) is 1.66. The second-order valence-electron chi connectivity index (χ2n) is 2.59. The van der Waals surface area contributed by atoms with E-state index in [4.69, 9.17) is 0 Å². The molecule has 62 valence electrons. The van der Waals surface area contributed by atoms with Crippen LogP contribution in [0.4, 0.5) is 0 Å². The lowest BCUT2D eigenvalue weighted by molar-refractivity contribution is 0.834. The summed E-state index contributed by atoms with van der Waals surface area (Å²) in [5.41, 5.74) is 2.58. The molecule has 0 bridgehead atoms. The normalized spacial score (nSPS) is 15.8. The summed E-state index contributed by atoms with van der Waals surface area (Å²) in [6.07, 6.45) is 5.44. The van der Waals surface area contributed by atoms with Gasteiger partial charge in [-0.25, -0.2) is 0 Å². The summed E-state index contributed by atoms with van der Waals surface area (Å²) in [6, 6.07) is 0. The quantitative estimate of drug-likeness (QED) is 0.636. The van der Waals surface area contributed by atoms with Crippen LogP contribution in [0.3, 0.4) is 0 Å². The summed E-state index contributed by atoms with van der Waals surface area (Å²) < 4.78 is 0. The Morgan fingerprint density at radius 1 is 1.27 bits per heavy atom. The van der Waals surface area contributed by atoms with Gasteiger partial charge in [0.1, 0.15) is 0 Å². The van der Waals surface area contributed by atoms with Gasteiger partial charge in [-0.05, 0) is 19.9 Å². The Morgan fingerprint density at radius 3 is 2.64 bits per heavy atom. The molecule has 0 heterocycles. The van der Waals surface area contributed by atoms with Crippen LogP contribution in [0, 0.1) is 0 Å². The third-order valence-electron chi connectivity index (χ3n) is 1.66. The molecule has 0 aromatic heterocycles. The number of nitrogens with one attached hydrogen (secondary N) is 2. The van der Waals surface area contributed by atoms with Crippen LogP contribution in [0.2, 0.25) is 0 Å². The van der Waals surface area contributed by atoms with Gasteiger partial charge >= 0.3 is 0 Å². The maximum absolute atomic E-state index is 3.30. The maximum atomic E-state index is 3.30. The standard InChI is InChI=1S/C9H16N2/c1-3-10-8-5-6-9(7-8)11-4-2/h5,7,10-11H,3-4,6H2,1-2H3. The van der Waals surface area contributed by atoms with E-state index in [0.717, 1.165) is 19.5 Å². The molecule has 2 heteroatoms. The van der Waals surface area contributed by atoms with E-state index in [1.807, 2.05) is 0 Å². The van der Waals surface area contributed by atoms with Gasteiger partial charge in [-0.3, -0.25) is 0 Å². The minimum Gasteiger partial charge on any atom is -0.388 e. The van der Waals surface area contributed by atoms with Gasteiger partial charge < -0.3 is 10.6 Å². The van der Waals surface area contributed by atoms with Gasteiger partial charge in [0.2, 0.25) is 0 Å². The van der Waals surface area contributed by atoms with Crippen molar-refractivity contribution in [3.05, 3.63) is 23.5 Å². The number of rotatable bonds is 4. The third kappa shape index (κ3) is 2.30. The van der Waals surface area contributed by atoms with Crippen LogP contribution in [0.25, 0.3) is 0 Å². The monoisotopic (exact) mass is 152 g/mol. The Morgan fingerprint density at radius 2 is 2.00 bits per heavy atom. The SMILES string of the molecule is CCNC1=CCC(NCC)=C1. The van der Waals surface area contributed by atoms with E-state index in [-0.39, 0.29) is 0 Å². The van der Waals surface area contributed by atoms with Crippen molar-refractivity contribution in [2.45, 2.75) is 20.3 Å². The summed E-state index contributed by atoms with van der Waals surface area (Å²) >= 11 is 0. The van der Waals surface area contributed by atoms with Crippen LogP contribution in [0.1, 0.15) is 20.3 Å². The van der Waals surface area contributed by atoms with Crippen molar-refractivity contribution in [3.8, 4) is 0 Å². The second-order valence-corrected chi connectivity index (χ2v) is 2.59. The molecule has 0 radical (unpaired) electrons. The molecule has 1 aliphatic rings. The van der Waals surface area contributed by atoms with Crippen LogP contribution in [0.15, 0.2) is 23.5 Å². The molecule has 0 fully saturated rings. The number of allylic oxidation sites excluding steroid dienone is 2. The molecule has 2 N–H and O–H groups in total. The van der Waals surface area contributed by atoms with Gasteiger partial charge in [0.25, 0.3) is 0 Å². The van der Waals surface area contributed by atoms with Crippen LogP contribution in [-0.2, 0) is 0 Å². The number of hydrogen-bond acceptors (Lipinski definition) is 2. The highest BCUT2D eigenvalue weighted by molar-refractivity contribution is 5.30. The van der Waals surface area contributed by atoms with Gasteiger partial charge in [0.05, 0.1) is 0 Å². The largest absolute Gasteiger partial charge is 0.388 e. The van der Waals surface area contributed by atoms with Gasteiger partial charge in [-0.1, -0.05) is 6.08 Å². The highest BCUT2D eigenvalue weighted by atomic mass is 14.9. The van der Waals surface area contributed by atoms with Gasteiger partial charge in [0.15, 0.2) is 0 Å². The molecule has 0 aliphatic heterocycles. The van der Waals surface area contributed by atoms with Crippen molar-refractivity contribution >= 4 is 0 Å². The van der Waals surface area contributed by atoms with Gasteiger partial charge in [-0.2, -0.15) is 0 Å². The minimum atomic E-state index is 1.00. The summed E-state index contributed by atoms with van der Waals surface area (Å²) in [7, 11) is 0. The summed E-state index contributed by atoms with van der Waals surface area (Å²) in [4.78, 5) is 0. The maximum Gasteiger partial charge on any atom is 0.0320 e. The molecule has 1 aliphatic carbocycles. The zero-order valence-electron chi connectivity index (χ0n) is 7.28. The lowest BCUT2D eigenvalue weighted by atomic mass is 10.4. The molecule has 0 atom stereocenters. The van der Waals surface area contributed by atoms with Crippen LogP contribution < -0.4 is 10.6 Å². The molecule has 0 aromatic rings. The molecular formula is C9H16N2. The van der Waals surface area contributed by atoms with E-state index >= 15 is 0 Å². The van der Waals surface area contributed by atoms with Crippen molar-refractivity contribution in [2.75, 3.05) is 13.1 Å². The topological polar surface area (TPSA) is 24.1 Å². The molecule has 0 aromatic carbocycles. The van der Waals surface area contributed by atoms with E-state index < -0.39 is 0 Å². The molecular weight excluding hydrogens is 136 g/mol. The molecule has 1 rings (SSSR count). The Labute approximate surface area is 68.4 Å². The van der Waals surface area contributed by atoms with Gasteiger partial charge in [0, 0.05) is 30.9 Å². The first-order valence-corrected chi connectivity index (χ1v) is 4.25. The van der Waals surface area contributed by atoms with E-state index in [9.17, 15) is 0 Å². The van der Waals surface area contributed by atoms with E-state index in [2.05, 4.69) is 36.6 Å². The first-order chi connectivity index (χ1) is 5.36. The van der Waals surface area contributed by atoms with Crippen molar-refractivity contribution in [1.82, 2.24) is 10.6 Å². The van der Waals surface area contributed by atoms with Gasteiger partial charge in [-0.15, -0.1) is 0 Å².